The molecule has 0 saturated carbocycles. The van der Waals surface area contributed by atoms with Gasteiger partial charge in [0.05, 0.1) is 25.4 Å². The van der Waals surface area contributed by atoms with Crippen molar-refractivity contribution >= 4 is 24.4 Å². The first-order valence-electron chi connectivity index (χ1n) is 22.7. The minimum atomic E-state index is -2.25. The Labute approximate surface area is 416 Å². The summed E-state index contributed by atoms with van der Waals surface area (Å²) >= 11 is 9.62. The van der Waals surface area contributed by atoms with E-state index in [1.54, 1.807) is 13.0 Å². The maximum absolute atomic E-state index is 14.7. The molecule has 0 spiro atoms. The van der Waals surface area contributed by atoms with E-state index >= 15 is 0 Å². The second kappa shape index (κ2) is 22.6. The predicted octanol–water partition coefficient (Wildman–Crippen LogP) is 2.19. The van der Waals surface area contributed by atoms with Crippen molar-refractivity contribution in [3.63, 3.8) is 0 Å². The van der Waals surface area contributed by atoms with Crippen LogP contribution in [0.2, 0.25) is 0 Å². The number of aliphatic hydroxyl groups excluding tert-OH is 4. The fourth-order valence-electron chi connectivity index (χ4n) is 8.76. The molecule has 4 unspecified atom stereocenters. The van der Waals surface area contributed by atoms with Crippen LogP contribution in [0.3, 0.4) is 0 Å². The van der Waals surface area contributed by atoms with Crippen molar-refractivity contribution in [1.29, 1.82) is 0 Å². The Morgan fingerprint density at radius 1 is 0.500 bits per heavy atom. The number of ether oxygens (including phenoxy) is 4. The van der Waals surface area contributed by atoms with E-state index in [9.17, 15) is 56.5 Å². The van der Waals surface area contributed by atoms with Crippen molar-refractivity contribution in [2.45, 2.75) is 152 Å². The average Bonchev–Trinajstić information content (AvgIpc) is 3.87. The van der Waals surface area contributed by atoms with Crippen LogP contribution in [0.25, 0.3) is 0 Å². The van der Waals surface area contributed by atoms with E-state index < -0.39 is 119 Å². The average molecular weight is 1070 g/mol. The van der Waals surface area contributed by atoms with Crippen molar-refractivity contribution < 1.29 is 56.9 Å². The third-order valence-corrected chi connectivity index (χ3v) is 14.0. The van der Waals surface area contributed by atoms with Crippen molar-refractivity contribution in [1.82, 2.24) is 38.2 Å². The lowest BCUT2D eigenvalue weighted by atomic mass is 9.88. The predicted molar refractivity (Wildman–Crippen MR) is 253 cm³/mol. The number of rotatable bonds is 8. The number of aliphatic hydroxyl groups is 4. The SMILES string of the molecule is CC1(F)[C@@H](O)[C@@H](CO)O[C@H]1n1ccc(=O)[nH]c1=O.CC1(F)[C@@H](O)[C@@H](CO)O[C@H]1n1ccc(=S)[nH]c1=O.CC[C@H]1O[C@@H](n2ccc(=O)[nH]c2=O)C(C)(F)[C@H]1C.CC[C@H]1O[C@@H](n2ccc(=S)[nH]c2=O)C(C)(F)[C@H]1C. The van der Waals surface area contributed by atoms with E-state index in [4.69, 9.17) is 53.6 Å². The summed E-state index contributed by atoms with van der Waals surface area (Å²) in [4.78, 5) is 77.5. The number of nitrogens with one attached hydrogen (secondary N) is 4. The molecule has 4 aliphatic heterocycles. The van der Waals surface area contributed by atoms with E-state index in [1.807, 2.05) is 25.8 Å². The molecule has 0 aromatic carbocycles. The number of aromatic nitrogens is 8. The lowest BCUT2D eigenvalue weighted by Gasteiger charge is -2.25. The first-order valence-corrected chi connectivity index (χ1v) is 23.5. The first-order chi connectivity index (χ1) is 33.5. The maximum Gasteiger partial charge on any atom is 0.330 e. The van der Waals surface area contributed by atoms with Crippen LogP contribution in [-0.4, -0.2) is 131 Å². The van der Waals surface area contributed by atoms with E-state index in [1.165, 1.54) is 49.1 Å². The fraction of sp³-hybridized carbons (Fsp3) is 0.636. The van der Waals surface area contributed by atoms with Crippen molar-refractivity contribution in [3.8, 4) is 0 Å². The van der Waals surface area contributed by atoms with Crippen molar-refractivity contribution in [2.24, 2.45) is 11.8 Å². The van der Waals surface area contributed by atoms with E-state index in [0.717, 1.165) is 46.2 Å². The number of H-pyrrole nitrogens is 4. The molecule has 16 atom stereocenters. The summed E-state index contributed by atoms with van der Waals surface area (Å²) < 4.78 is 84.4. The maximum atomic E-state index is 14.7. The van der Waals surface area contributed by atoms with Crippen LogP contribution in [0.5, 0.6) is 0 Å². The Morgan fingerprint density at radius 3 is 1.00 bits per heavy atom. The highest BCUT2D eigenvalue weighted by molar-refractivity contribution is 7.71. The van der Waals surface area contributed by atoms with E-state index in [-0.39, 0.29) is 28.7 Å². The highest BCUT2D eigenvalue weighted by Crippen LogP contribution is 2.47. The van der Waals surface area contributed by atoms with Crippen molar-refractivity contribution in [2.75, 3.05) is 13.2 Å². The van der Waals surface area contributed by atoms with Gasteiger partial charge in [0.2, 0.25) is 0 Å². The molecule has 8 rings (SSSR count). The van der Waals surface area contributed by atoms with Crippen molar-refractivity contribution in [3.05, 3.63) is 121 Å². The van der Waals surface area contributed by atoms with Gasteiger partial charge in [0.15, 0.2) is 47.6 Å². The van der Waals surface area contributed by atoms with E-state index in [2.05, 4.69) is 15.0 Å². The van der Waals surface area contributed by atoms with Gasteiger partial charge in [0.25, 0.3) is 11.1 Å². The summed E-state index contributed by atoms with van der Waals surface area (Å²) in [5.41, 5.74) is -11.4. The third kappa shape index (κ3) is 11.7. The Morgan fingerprint density at radius 2 is 0.764 bits per heavy atom. The zero-order valence-electron chi connectivity index (χ0n) is 40.4. The Kier molecular flexibility index (Phi) is 18.2. The monoisotopic (exact) mass is 1060 g/mol. The van der Waals surface area contributed by atoms with Crippen LogP contribution in [-0.2, 0) is 18.9 Å². The molecule has 8 N–H and O–H groups in total. The number of alkyl halides is 4. The van der Waals surface area contributed by atoms with Gasteiger partial charge in [-0.05, 0) is 52.7 Å². The van der Waals surface area contributed by atoms with Gasteiger partial charge in [-0.1, -0.05) is 52.1 Å². The lowest BCUT2D eigenvalue weighted by molar-refractivity contribution is -0.0611. The zero-order valence-corrected chi connectivity index (χ0v) is 42.0. The summed E-state index contributed by atoms with van der Waals surface area (Å²) in [5.74, 6) is -0.575. The Hall–Kier alpha value is -5.04. The van der Waals surface area contributed by atoms with Crippen LogP contribution in [0.15, 0.2) is 77.8 Å². The van der Waals surface area contributed by atoms with Crippen LogP contribution in [0, 0.1) is 21.1 Å². The first kappa shape index (κ1) is 57.9. The van der Waals surface area contributed by atoms with Crippen LogP contribution < -0.4 is 33.9 Å². The zero-order chi connectivity index (χ0) is 54.0. The van der Waals surface area contributed by atoms with Gasteiger partial charge in [-0.3, -0.25) is 47.8 Å². The molecule has 4 saturated heterocycles. The Balaban J connectivity index is 0.000000178. The van der Waals surface area contributed by atoms with Crippen LogP contribution >= 0.6 is 24.4 Å². The highest BCUT2D eigenvalue weighted by atomic mass is 32.1. The van der Waals surface area contributed by atoms with Gasteiger partial charge in [-0.25, -0.2) is 36.7 Å². The van der Waals surface area contributed by atoms with Gasteiger partial charge in [-0.15, -0.1) is 0 Å². The minimum absolute atomic E-state index is 0.180. The highest BCUT2D eigenvalue weighted by Gasteiger charge is 2.57. The molecule has 8 heterocycles. The standard InChI is InChI=1S/C12H17FN2O3.C12H17FN2O2S.C10H13FN2O5.C10H13FN2O4S/c1-4-8-7(2)12(3,13)10(18-8)15-6-5-9(16)14-11(15)17;1-4-8-7(2)12(3,13)10(17-8)15-6-5-9(18)14-11(15)16;1-10(11)7(16)5(4-14)18-8(10)13-3-2-6(15)12-9(13)17;1-10(11)7(15)5(4-14)17-8(10)13-3-2-6(18)12-9(13)16/h5-8,10H,4H2,1-3H3,(H,14,16,17);5-8,10H,4H2,1-3H3,(H,14,16,18);2-3,5,7-8,14,16H,4H2,1H3,(H,12,15,17);2-3,5,7-8,14-15H,4H2,1H3,(H,12,16,18)/t2*7-,8+,10+,12?;2*5-,7+,8-,10?/m0011/s1. The molecule has 4 aromatic rings. The molecule has 4 aromatic heterocycles. The largest absolute Gasteiger partial charge is 0.394 e. The topological polar surface area (TPSA) is 303 Å². The van der Waals surface area contributed by atoms with Gasteiger partial charge < -0.3 is 39.4 Å². The van der Waals surface area contributed by atoms with Gasteiger partial charge in [0, 0.05) is 48.8 Å². The smallest absolute Gasteiger partial charge is 0.330 e. The fourth-order valence-corrected chi connectivity index (χ4v) is 9.05. The molecule has 4 aliphatic rings. The molecule has 4 fully saturated rings. The second-order valence-electron chi connectivity index (χ2n) is 18.4. The normalized spacial score (nSPS) is 35.9. The molecular formula is C44H60F4N8O14S2. The van der Waals surface area contributed by atoms with Gasteiger partial charge in [-0.2, -0.15) is 0 Å². The molecule has 0 radical (unpaired) electrons. The summed E-state index contributed by atoms with van der Waals surface area (Å²) in [7, 11) is 0. The molecule has 0 aliphatic carbocycles. The quantitative estimate of drug-likeness (QED) is 0.0927. The number of hydrogen-bond donors (Lipinski definition) is 8. The molecule has 0 bridgehead atoms. The second-order valence-corrected chi connectivity index (χ2v) is 19.3. The molecular weight excluding hydrogens is 1000 g/mol. The summed E-state index contributed by atoms with van der Waals surface area (Å²) in [6.07, 6.45) is -3.79. The molecule has 72 heavy (non-hydrogen) atoms. The van der Waals surface area contributed by atoms with Crippen LogP contribution in [0.1, 0.15) is 93.1 Å². The number of hydrogen-bond acceptors (Lipinski definition) is 16. The lowest BCUT2D eigenvalue weighted by Crippen LogP contribution is -2.43. The minimum Gasteiger partial charge on any atom is -0.394 e. The summed E-state index contributed by atoms with van der Waals surface area (Å²) in [6, 6.07) is 5.19. The third-order valence-electron chi connectivity index (χ3n) is 13.5. The molecule has 28 heteroatoms. The Bertz CT molecular complexity index is 2610. The van der Waals surface area contributed by atoms with Crippen LogP contribution in [0.4, 0.5) is 17.6 Å². The van der Waals surface area contributed by atoms with Gasteiger partial charge in [0.1, 0.15) is 33.7 Å². The summed E-state index contributed by atoms with van der Waals surface area (Å²) in [6.45, 7) is 11.4. The van der Waals surface area contributed by atoms with Gasteiger partial charge >= 0.3 is 22.8 Å². The molecule has 400 valence electrons. The number of nitrogens with zero attached hydrogens (tertiary/aromatic N) is 4. The molecule has 22 nitrogen and oxygen atoms in total. The number of aromatic amines is 4. The summed E-state index contributed by atoms with van der Waals surface area (Å²) in [5, 5.41) is 37.3. The number of halogens is 4. The van der Waals surface area contributed by atoms with E-state index in [0.29, 0.717) is 11.1 Å². The molecule has 0 amide bonds.